The van der Waals surface area contributed by atoms with Crippen molar-refractivity contribution in [3.8, 4) is 5.75 Å². The predicted octanol–water partition coefficient (Wildman–Crippen LogP) is 5.52. The number of carbonyl (C=O) groups excluding carboxylic acids is 3. The van der Waals surface area contributed by atoms with Crippen molar-refractivity contribution < 1.29 is 27.9 Å². The topological polar surface area (TPSA) is 75.7 Å². The number of hydrogen-bond donors (Lipinski definition) is 1. The smallest absolute Gasteiger partial charge is 0.335 e. The molecule has 3 aromatic rings. The zero-order valence-electron chi connectivity index (χ0n) is 17.2. The van der Waals surface area contributed by atoms with Gasteiger partial charge in [0, 0.05) is 0 Å². The second kappa shape index (κ2) is 9.62. The number of barbiturate groups is 1. The molecule has 0 radical (unpaired) electrons. The second-order valence-electron chi connectivity index (χ2n) is 7.17. The molecule has 4 amide bonds. The number of anilines is 1. The van der Waals surface area contributed by atoms with Gasteiger partial charge in [-0.05, 0) is 65.7 Å². The van der Waals surface area contributed by atoms with Crippen molar-refractivity contribution in [2.75, 3.05) is 4.90 Å². The molecule has 1 aliphatic heterocycles. The number of nitrogens with one attached hydrogen (secondary N) is 1. The number of hydrogen-bond acceptors (Lipinski definition) is 4. The van der Waals surface area contributed by atoms with Crippen LogP contribution in [-0.2, 0) is 16.2 Å². The van der Waals surface area contributed by atoms with Crippen LogP contribution in [0.25, 0.3) is 6.08 Å². The summed E-state index contributed by atoms with van der Waals surface area (Å²) in [6.45, 7) is 0.00721. The van der Waals surface area contributed by atoms with Gasteiger partial charge in [-0.1, -0.05) is 35.3 Å². The van der Waals surface area contributed by atoms with Crippen LogP contribution in [0.3, 0.4) is 0 Å². The van der Waals surface area contributed by atoms with Crippen molar-refractivity contribution in [1.82, 2.24) is 5.32 Å². The molecule has 0 aliphatic carbocycles. The van der Waals surface area contributed by atoms with Crippen LogP contribution in [0.4, 0.5) is 19.3 Å². The highest BCUT2D eigenvalue weighted by molar-refractivity contribution is 6.40. The van der Waals surface area contributed by atoms with Gasteiger partial charge in [0.2, 0.25) is 0 Å². The lowest BCUT2D eigenvalue weighted by atomic mass is 10.1. The molecule has 0 spiro atoms. The van der Waals surface area contributed by atoms with E-state index in [1.54, 1.807) is 12.1 Å². The molecule has 1 fully saturated rings. The van der Waals surface area contributed by atoms with Gasteiger partial charge in [0.1, 0.15) is 23.8 Å². The first-order chi connectivity index (χ1) is 16.2. The summed E-state index contributed by atoms with van der Waals surface area (Å²) in [4.78, 5) is 38.2. The molecule has 34 heavy (non-hydrogen) atoms. The van der Waals surface area contributed by atoms with Gasteiger partial charge >= 0.3 is 6.03 Å². The van der Waals surface area contributed by atoms with E-state index in [2.05, 4.69) is 5.32 Å². The maximum Gasteiger partial charge on any atom is 0.335 e. The van der Waals surface area contributed by atoms with Crippen LogP contribution in [0.5, 0.6) is 5.75 Å². The molecule has 10 heteroatoms. The third-order valence-corrected chi connectivity index (χ3v) is 5.35. The standard InChI is InChI=1S/C24H14Cl2F2N2O4/c25-19-10-14(11-20(26)21(19)34-12-13-2-1-3-16(28)8-13)9-18-22(31)29-24(33)30(23(18)32)17-6-4-15(27)5-7-17/h1-11H,12H2,(H,29,31,33)/b18-9+. The minimum absolute atomic E-state index is 0.00721. The van der Waals surface area contributed by atoms with Crippen molar-refractivity contribution in [1.29, 1.82) is 0 Å². The average molecular weight is 503 g/mol. The molecule has 6 nitrogen and oxygen atoms in total. The first-order valence-corrected chi connectivity index (χ1v) is 10.5. The Morgan fingerprint density at radius 3 is 2.24 bits per heavy atom. The summed E-state index contributed by atoms with van der Waals surface area (Å²) in [6.07, 6.45) is 1.22. The molecule has 1 aliphatic rings. The average Bonchev–Trinajstić information content (AvgIpc) is 2.77. The van der Waals surface area contributed by atoms with Crippen molar-refractivity contribution in [3.63, 3.8) is 0 Å². The third-order valence-electron chi connectivity index (χ3n) is 4.79. The van der Waals surface area contributed by atoms with E-state index in [0.717, 1.165) is 12.1 Å². The quantitative estimate of drug-likeness (QED) is 0.368. The van der Waals surface area contributed by atoms with E-state index in [-0.39, 0.29) is 33.7 Å². The van der Waals surface area contributed by atoms with Crippen LogP contribution >= 0.6 is 23.2 Å². The number of ether oxygens (including phenoxy) is 1. The van der Waals surface area contributed by atoms with Crippen LogP contribution in [-0.4, -0.2) is 17.8 Å². The number of urea groups is 1. The van der Waals surface area contributed by atoms with Crippen LogP contribution in [0.15, 0.2) is 66.2 Å². The van der Waals surface area contributed by atoms with Gasteiger partial charge in [0.25, 0.3) is 11.8 Å². The Morgan fingerprint density at radius 2 is 1.59 bits per heavy atom. The largest absolute Gasteiger partial charge is 0.486 e. The zero-order valence-corrected chi connectivity index (χ0v) is 18.7. The van der Waals surface area contributed by atoms with E-state index in [4.69, 9.17) is 27.9 Å². The first-order valence-electron chi connectivity index (χ1n) is 9.76. The molecule has 0 bridgehead atoms. The lowest BCUT2D eigenvalue weighted by molar-refractivity contribution is -0.122. The number of nitrogens with zero attached hydrogens (tertiary/aromatic N) is 1. The molecule has 0 aromatic heterocycles. The van der Waals surface area contributed by atoms with Crippen LogP contribution in [0.2, 0.25) is 10.0 Å². The predicted molar refractivity (Wildman–Crippen MR) is 123 cm³/mol. The van der Waals surface area contributed by atoms with Crippen molar-refractivity contribution >= 4 is 52.8 Å². The Hall–Kier alpha value is -3.75. The Balaban J connectivity index is 1.60. The zero-order chi connectivity index (χ0) is 24.4. The summed E-state index contributed by atoms with van der Waals surface area (Å²) in [6, 6.07) is 12.3. The fraction of sp³-hybridized carbons (Fsp3) is 0.0417. The molecule has 172 valence electrons. The molecule has 1 saturated heterocycles. The molecule has 0 unspecified atom stereocenters. The van der Waals surface area contributed by atoms with E-state index in [0.29, 0.717) is 16.0 Å². The molecular weight excluding hydrogens is 489 g/mol. The van der Waals surface area contributed by atoms with Gasteiger partial charge in [-0.15, -0.1) is 0 Å². The first kappa shape index (κ1) is 23.4. The molecule has 0 atom stereocenters. The van der Waals surface area contributed by atoms with E-state index in [9.17, 15) is 23.2 Å². The lowest BCUT2D eigenvalue weighted by Crippen LogP contribution is -2.54. The van der Waals surface area contributed by atoms with Gasteiger partial charge < -0.3 is 4.74 Å². The van der Waals surface area contributed by atoms with E-state index < -0.39 is 29.5 Å². The molecule has 3 aromatic carbocycles. The Bertz CT molecular complexity index is 1320. The van der Waals surface area contributed by atoms with Gasteiger partial charge in [-0.3, -0.25) is 14.9 Å². The highest BCUT2D eigenvalue weighted by Crippen LogP contribution is 2.36. The van der Waals surface area contributed by atoms with Crippen LogP contribution in [0, 0.1) is 11.6 Å². The number of rotatable bonds is 5. The maximum atomic E-state index is 13.4. The van der Waals surface area contributed by atoms with Crippen molar-refractivity contribution in [2.45, 2.75) is 6.61 Å². The highest BCUT2D eigenvalue weighted by Gasteiger charge is 2.36. The molecule has 0 saturated carbocycles. The molecule has 1 heterocycles. The second-order valence-corrected chi connectivity index (χ2v) is 7.98. The maximum absolute atomic E-state index is 13.4. The van der Waals surface area contributed by atoms with Gasteiger partial charge in [-0.2, -0.15) is 0 Å². The summed E-state index contributed by atoms with van der Waals surface area (Å²) in [5.74, 6) is -2.64. The molecule has 4 rings (SSSR count). The summed E-state index contributed by atoms with van der Waals surface area (Å²) < 4.78 is 32.2. The normalized spacial score (nSPS) is 15.0. The Labute approximate surface area is 202 Å². The van der Waals surface area contributed by atoms with Gasteiger partial charge in [-0.25, -0.2) is 18.5 Å². The summed E-state index contributed by atoms with van der Waals surface area (Å²) in [5.41, 5.74) is 0.581. The number of halogens is 4. The molecular formula is C24H14Cl2F2N2O4. The lowest BCUT2D eigenvalue weighted by Gasteiger charge is -2.26. The van der Waals surface area contributed by atoms with E-state index >= 15 is 0 Å². The number of carbonyl (C=O) groups is 3. The summed E-state index contributed by atoms with van der Waals surface area (Å²) >= 11 is 12.6. The van der Waals surface area contributed by atoms with Gasteiger partial charge in [0.15, 0.2) is 5.75 Å². The van der Waals surface area contributed by atoms with Crippen LogP contribution < -0.4 is 15.0 Å². The van der Waals surface area contributed by atoms with E-state index in [1.807, 2.05) is 0 Å². The van der Waals surface area contributed by atoms with Crippen molar-refractivity contribution in [2.24, 2.45) is 0 Å². The third kappa shape index (κ3) is 4.93. The minimum Gasteiger partial charge on any atom is -0.486 e. The number of imide groups is 2. The van der Waals surface area contributed by atoms with E-state index in [1.165, 1.54) is 42.5 Å². The SMILES string of the molecule is O=C1NC(=O)N(c2ccc(F)cc2)C(=O)/C1=C/c1cc(Cl)c(OCc2cccc(F)c2)c(Cl)c1. The Kier molecular flexibility index (Phi) is 6.63. The minimum atomic E-state index is -0.962. The fourth-order valence-electron chi connectivity index (χ4n) is 3.23. The summed E-state index contributed by atoms with van der Waals surface area (Å²) in [5, 5.41) is 2.25. The Morgan fingerprint density at radius 1 is 0.912 bits per heavy atom. The highest BCUT2D eigenvalue weighted by atomic mass is 35.5. The van der Waals surface area contributed by atoms with Crippen molar-refractivity contribution in [3.05, 3.63) is 99.0 Å². The fourth-order valence-corrected chi connectivity index (χ4v) is 3.84. The summed E-state index contributed by atoms with van der Waals surface area (Å²) in [7, 11) is 0. The number of benzene rings is 3. The number of amides is 4. The van der Waals surface area contributed by atoms with Crippen LogP contribution in [0.1, 0.15) is 11.1 Å². The monoisotopic (exact) mass is 502 g/mol. The van der Waals surface area contributed by atoms with Gasteiger partial charge in [0.05, 0.1) is 15.7 Å². The molecule has 1 N–H and O–H groups in total.